The van der Waals surface area contributed by atoms with Crippen molar-refractivity contribution < 1.29 is 4.52 Å². The summed E-state index contributed by atoms with van der Waals surface area (Å²) in [7, 11) is 0. The van der Waals surface area contributed by atoms with Gasteiger partial charge in [-0.1, -0.05) is 83.1 Å². The second kappa shape index (κ2) is 9.51. The molecule has 0 aliphatic heterocycles. The Kier molecular flexibility index (Phi) is 6.12. The van der Waals surface area contributed by atoms with Gasteiger partial charge < -0.3 is 0 Å². The van der Waals surface area contributed by atoms with Crippen molar-refractivity contribution in [2.24, 2.45) is 0 Å². The van der Waals surface area contributed by atoms with Crippen LogP contribution in [0, 0.1) is 18.3 Å². The van der Waals surface area contributed by atoms with Crippen molar-refractivity contribution in [2.75, 3.05) is 0 Å². The molecular weight excluding hydrogens is 464 g/mol. The van der Waals surface area contributed by atoms with Crippen LogP contribution in [0.2, 0.25) is 0 Å². The maximum Gasteiger partial charge on any atom is 0.438 e. The van der Waals surface area contributed by atoms with Crippen LogP contribution in [0.1, 0.15) is 27.8 Å². The average Bonchev–Trinajstić information content (AvgIpc) is 3.55. The molecule has 0 saturated heterocycles. The minimum absolute atomic E-state index is 0.366. The molecule has 5 rings (SSSR count). The normalized spacial score (nSPS) is 11.8. The molecule has 34 heavy (non-hydrogen) atoms. The maximum atomic E-state index is 11.7. The lowest BCUT2D eigenvalue weighted by Gasteiger charge is -2.17. The molecule has 0 bridgehead atoms. The van der Waals surface area contributed by atoms with E-state index in [1.807, 2.05) is 85.1 Å². The first-order valence-electron chi connectivity index (χ1n) is 10.5. The monoisotopic (exact) mass is 482 g/mol. The van der Waals surface area contributed by atoms with E-state index < -0.39 is 11.0 Å². The Morgan fingerprint density at radius 1 is 1.09 bits per heavy atom. The first kappa shape index (κ1) is 21.9. The summed E-state index contributed by atoms with van der Waals surface area (Å²) in [5.41, 5.74) is 5.05. The number of hydrogen-bond acceptors (Lipinski definition) is 7. The predicted molar refractivity (Wildman–Crippen MR) is 134 cm³/mol. The molecule has 0 aliphatic rings. The van der Waals surface area contributed by atoms with Crippen molar-refractivity contribution in [3.8, 4) is 27.8 Å². The maximum absolute atomic E-state index is 11.7. The van der Waals surface area contributed by atoms with Gasteiger partial charge in [0, 0.05) is 5.56 Å². The summed E-state index contributed by atoms with van der Waals surface area (Å²) in [5, 5.41) is 16.3. The van der Waals surface area contributed by atoms with Gasteiger partial charge in [-0.05, 0) is 35.6 Å². The highest BCUT2D eigenvalue weighted by atomic mass is 32.2. The molecule has 166 valence electrons. The van der Waals surface area contributed by atoms with E-state index in [0.717, 1.165) is 32.8 Å². The number of rotatable bonds is 6. The first-order chi connectivity index (χ1) is 16.6. The smallest absolute Gasteiger partial charge is 0.296 e. The van der Waals surface area contributed by atoms with E-state index in [-0.39, 0.29) is 0 Å². The van der Waals surface area contributed by atoms with E-state index in [4.69, 9.17) is 9.51 Å². The van der Waals surface area contributed by atoms with Gasteiger partial charge >= 0.3 is 5.76 Å². The molecule has 0 fully saturated rings. The fourth-order valence-electron chi connectivity index (χ4n) is 3.60. The van der Waals surface area contributed by atoms with Crippen molar-refractivity contribution in [3.05, 3.63) is 111 Å². The molecule has 1 unspecified atom stereocenters. The van der Waals surface area contributed by atoms with Gasteiger partial charge in [0.25, 0.3) is 0 Å². The van der Waals surface area contributed by atoms with Crippen molar-refractivity contribution in [1.82, 2.24) is 15.1 Å². The highest BCUT2D eigenvalue weighted by Gasteiger charge is 2.25. The number of nitrogens with one attached hydrogen (secondary N) is 1. The standard InChI is InChI=1S/C26H18N4O2S2/c1-16-9-11-17(12-10-16)19-14-21(22-8-5-13-33-22)28-25(20(19)15-27)34-23(18-6-3-2-4-7-18)24-29-26(31)32-30-24/h2-14,23H,1H3,(H,29,30,31). The van der Waals surface area contributed by atoms with Crippen molar-refractivity contribution in [2.45, 2.75) is 17.2 Å². The van der Waals surface area contributed by atoms with Crippen LogP contribution in [0.25, 0.3) is 21.7 Å². The largest absolute Gasteiger partial charge is 0.438 e. The highest BCUT2D eigenvalue weighted by Crippen LogP contribution is 2.43. The zero-order valence-electron chi connectivity index (χ0n) is 18.1. The summed E-state index contributed by atoms with van der Waals surface area (Å²) in [4.78, 5) is 20.3. The van der Waals surface area contributed by atoms with Crippen molar-refractivity contribution >= 4 is 23.1 Å². The first-order valence-corrected chi connectivity index (χ1v) is 12.2. The van der Waals surface area contributed by atoms with Crippen LogP contribution >= 0.6 is 23.1 Å². The summed E-state index contributed by atoms with van der Waals surface area (Å²) in [6, 6.07) is 26.1. The Hall–Kier alpha value is -3.93. The fourth-order valence-corrected chi connectivity index (χ4v) is 5.44. The Labute approximate surface area is 203 Å². The van der Waals surface area contributed by atoms with E-state index in [1.54, 1.807) is 11.3 Å². The summed E-state index contributed by atoms with van der Waals surface area (Å²) in [5.74, 6) is -0.261. The summed E-state index contributed by atoms with van der Waals surface area (Å²) in [6.45, 7) is 2.03. The van der Waals surface area contributed by atoms with Gasteiger partial charge in [0.15, 0.2) is 5.82 Å². The number of aryl methyl sites for hydroxylation is 1. The van der Waals surface area contributed by atoms with Crippen LogP contribution in [0.4, 0.5) is 0 Å². The van der Waals surface area contributed by atoms with Gasteiger partial charge in [-0.15, -0.1) is 11.3 Å². The highest BCUT2D eigenvalue weighted by molar-refractivity contribution is 7.99. The van der Waals surface area contributed by atoms with Crippen LogP contribution in [0.15, 0.2) is 92.5 Å². The Morgan fingerprint density at radius 2 is 1.88 bits per heavy atom. The number of hydrogen-bond donors (Lipinski definition) is 1. The van der Waals surface area contributed by atoms with Crippen molar-refractivity contribution in [3.63, 3.8) is 0 Å². The molecule has 1 atom stereocenters. The van der Waals surface area contributed by atoms with Crippen LogP contribution in [0.3, 0.4) is 0 Å². The fraction of sp³-hybridized carbons (Fsp3) is 0.0769. The quantitative estimate of drug-likeness (QED) is 0.289. The van der Waals surface area contributed by atoms with Gasteiger partial charge in [0.2, 0.25) is 0 Å². The molecule has 3 heterocycles. The van der Waals surface area contributed by atoms with Gasteiger partial charge in [0.1, 0.15) is 11.1 Å². The summed E-state index contributed by atoms with van der Waals surface area (Å²) in [6.07, 6.45) is 0. The molecule has 6 nitrogen and oxygen atoms in total. The topological polar surface area (TPSA) is 95.6 Å². The summed E-state index contributed by atoms with van der Waals surface area (Å²) < 4.78 is 4.79. The van der Waals surface area contributed by atoms with Crippen LogP contribution < -0.4 is 5.76 Å². The minimum atomic E-state index is -0.627. The average molecular weight is 483 g/mol. The number of aromatic nitrogens is 3. The third-order valence-electron chi connectivity index (χ3n) is 5.27. The third kappa shape index (κ3) is 4.44. The predicted octanol–water partition coefficient (Wildman–Crippen LogP) is 6.22. The number of thiophene rings is 1. The lowest BCUT2D eigenvalue weighted by atomic mass is 10.00. The number of aromatic amines is 1. The number of nitriles is 1. The van der Waals surface area contributed by atoms with Gasteiger partial charge in [-0.2, -0.15) is 5.26 Å². The van der Waals surface area contributed by atoms with Gasteiger partial charge in [0.05, 0.1) is 21.4 Å². The van der Waals surface area contributed by atoms with E-state index in [9.17, 15) is 10.1 Å². The molecule has 5 aromatic rings. The molecule has 0 amide bonds. The molecular formula is C26H18N4O2S2. The van der Waals surface area contributed by atoms with Crippen molar-refractivity contribution in [1.29, 1.82) is 5.26 Å². The number of thioether (sulfide) groups is 1. The second-order valence-electron chi connectivity index (χ2n) is 7.58. The number of nitrogens with zero attached hydrogens (tertiary/aromatic N) is 3. The molecule has 8 heteroatoms. The van der Waals surface area contributed by atoms with Gasteiger partial charge in [-0.3, -0.25) is 9.51 Å². The SMILES string of the molecule is Cc1ccc(-c2cc(-c3cccs3)nc(SC(c3ccccc3)c3noc(=O)[nH]3)c2C#N)cc1. The molecule has 3 aromatic heterocycles. The number of pyridine rings is 1. The molecule has 2 aromatic carbocycles. The summed E-state index contributed by atoms with van der Waals surface area (Å²) >= 11 is 2.95. The van der Waals surface area contributed by atoms with E-state index in [0.29, 0.717) is 16.4 Å². The zero-order valence-corrected chi connectivity index (χ0v) is 19.7. The molecule has 0 radical (unpaired) electrons. The zero-order chi connectivity index (χ0) is 23.5. The van der Waals surface area contributed by atoms with Crippen LogP contribution in [-0.2, 0) is 0 Å². The lowest BCUT2D eigenvalue weighted by molar-refractivity contribution is 0.382. The van der Waals surface area contributed by atoms with E-state index in [1.165, 1.54) is 11.8 Å². The Balaban J connectivity index is 1.69. The van der Waals surface area contributed by atoms with Crippen LogP contribution in [-0.4, -0.2) is 15.1 Å². The lowest BCUT2D eigenvalue weighted by Crippen LogP contribution is -2.04. The molecule has 0 saturated carbocycles. The van der Waals surface area contributed by atoms with E-state index >= 15 is 0 Å². The second-order valence-corrected chi connectivity index (χ2v) is 9.62. The van der Waals surface area contributed by atoms with E-state index in [2.05, 4.69) is 16.2 Å². The third-order valence-corrected chi connectivity index (χ3v) is 7.41. The Morgan fingerprint density at radius 3 is 2.53 bits per heavy atom. The molecule has 0 spiro atoms. The van der Waals surface area contributed by atoms with Gasteiger partial charge in [-0.25, -0.2) is 9.78 Å². The number of benzene rings is 2. The van der Waals surface area contributed by atoms with Crippen LogP contribution in [0.5, 0.6) is 0 Å². The Bertz CT molecular complexity index is 1520. The number of H-pyrrole nitrogens is 1. The molecule has 1 N–H and O–H groups in total. The minimum Gasteiger partial charge on any atom is -0.296 e. The molecule has 0 aliphatic carbocycles.